The molecule has 2 amide bonds. The summed E-state index contributed by atoms with van der Waals surface area (Å²) < 4.78 is 0.915. The Labute approximate surface area is 135 Å². The van der Waals surface area contributed by atoms with E-state index in [4.69, 9.17) is 11.6 Å². The minimum absolute atomic E-state index is 0.329. The van der Waals surface area contributed by atoms with Crippen LogP contribution in [0.5, 0.6) is 0 Å². The molecule has 0 N–H and O–H groups in total. The van der Waals surface area contributed by atoms with Crippen LogP contribution in [0.4, 0.5) is 5.69 Å². The van der Waals surface area contributed by atoms with E-state index in [0.717, 1.165) is 9.37 Å². The second kappa shape index (κ2) is 5.47. The molecule has 0 bridgehead atoms. The Morgan fingerprint density at radius 3 is 2.14 bits per heavy atom. The molecule has 104 valence electrons. The predicted octanol–water partition coefficient (Wildman–Crippen LogP) is 4.06. The van der Waals surface area contributed by atoms with Gasteiger partial charge in [-0.25, -0.2) is 4.90 Å². The Morgan fingerprint density at radius 2 is 1.52 bits per heavy atom. The highest BCUT2D eigenvalue weighted by molar-refractivity contribution is 9.10. The lowest BCUT2D eigenvalue weighted by molar-refractivity contribution is -0.119. The van der Waals surface area contributed by atoms with E-state index in [2.05, 4.69) is 15.9 Å². The second-order valence-electron chi connectivity index (χ2n) is 4.52. The Hall–Kier alpha value is -1.91. The first-order valence-electron chi connectivity index (χ1n) is 6.18. The highest BCUT2D eigenvalue weighted by atomic mass is 79.9. The molecule has 5 heteroatoms. The lowest BCUT2D eigenvalue weighted by Gasteiger charge is -2.15. The molecule has 21 heavy (non-hydrogen) atoms. The zero-order chi connectivity index (χ0) is 15.0. The lowest BCUT2D eigenvalue weighted by atomic mass is 10.1. The molecule has 0 radical (unpaired) electrons. The molecule has 2 aromatic carbocycles. The van der Waals surface area contributed by atoms with Gasteiger partial charge in [0.25, 0.3) is 11.8 Å². The molecule has 1 aliphatic heterocycles. The number of hydrogen-bond donors (Lipinski definition) is 0. The zero-order valence-electron chi connectivity index (χ0n) is 10.7. The molecule has 0 spiro atoms. The summed E-state index contributed by atoms with van der Waals surface area (Å²) in [6, 6.07) is 13.9. The predicted molar refractivity (Wildman–Crippen MR) is 86.1 cm³/mol. The van der Waals surface area contributed by atoms with Crippen LogP contribution in [0.3, 0.4) is 0 Å². The largest absolute Gasteiger partial charge is 0.269 e. The van der Waals surface area contributed by atoms with E-state index in [0.29, 0.717) is 21.8 Å². The van der Waals surface area contributed by atoms with Crippen LogP contribution < -0.4 is 4.90 Å². The summed E-state index contributed by atoms with van der Waals surface area (Å²) in [5.74, 6) is -0.676. The minimum Gasteiger partial charge on any atom is -0.269 e. The van der Waals surface area contributed by atoms with Crippen LogP contribution >= 0.6 is 27.5 Å². The number of anilines is 1. The molecular weight excluding hydrogens is 354 g/mol. The highest BCUT2D eigenvalue weighted by Gasteiger charge is 2.32. The van der Waals surface area contributed by atoms with Crippen LogP contribution in [0.2, 0.25) is 5.02 Å². The Kier molecular flexibility index (Phi) is 3.66. The fraction of sp³-hybridized carbons (Fsp3) is 0. The summed E-state index contributed by atoms with van der Waals surface area (Å²) in [5.41, 5.74) is 1.62. The number of carbonyl (C=O) groups is 2. The average molecular weight is 363 g/mol. The number of amides is 2. The van der Waals surface area contributed by atoms with E-state index in [9.17, 15) is 9.59 Å². The van der Waals surface area contributed by atoms with Crippen molar-refractivity contribution in [3.8, 4) is 0 Å². The summed E-state index contributed by atoms with van der Waals surface area (Å²) >= 11 is 9.17. The first-order valence-corrected chi connectivity index (χ1v) is 7.35. The number of nitrogens with zero attached hydrogens (tertiary/aromatic N) is 1. The lowest BCUT2D eigenvalue weighted by Crippen LogP contribution is -2.30. The van der Waals surface area contributed by atoms with Crippen LogP contribution in [0.1, 0.15) is 5.56 Å². The molecule has 0 unspecified atom stereocenters. The van der Waals surface area contributed by atoms with Crippen LogP contribution in [0.15, 0.2) is 59.1 Å². The van der Waals surface area contributed by atoms with Gasteiger partial charge in [-0.1, -0.05) is 39.7 Å². The molecule has 0 aromatic heterocycles. The number of benzene rings is 2. The van der Waals surface area contributed by atoms with Gasteiger partial charge in [0.15, 0.2) is 0 Å². The van der Waals surface area contributed by atoms with Gasteiger partial charge in [-0.05, 0) is 42.0 Å². The van der Waals surface area contributed by atoms with Gasteiger partial charge in [0.05, 0.1) is 11.3 Å². The number of rotatable bonds is 2. The number of hydrogen-bond acceptors (Lipinski definition) is 2. The van der Waals surface area contributed by atoms with Crippen molar-refractivity contribution in [2.75, 3.05) is 4.90 Å². The van der Waals surface area contributed by atoms with Crippen LogP contribution in [0.25, 0.3) is 5.57 Å². The van der Waals surface area contributed by atoms with Crippen molar-refractivity contribution in [2.24, 2.45) is 0 Å². The normalized spacial score (nSPS) is 14.6. The van der Waals surface area contributed by atoms with Gasteiger partial charge in [-0.3, -0.25) is 9.59 Å². The third-order valence-electron chi connectivity index (χ3n) is 3.16. The molecule has 2 aromatic rings. The standard InChI is InChI=1S/C16H9BrClNO2/c17-11-3-1-10(2-4-11)14-9-15(20)19(16(14)21)13-7-5-12(18)6-8-13/h1-9H. The maximum Gasteiger partial charge on any atom is 0.266 e. The number of carbonyl (C=O) groups excluding carboxylic acids is 2. The molecule has 0 saturated heterocycles. The quantitative estimate of drug-likeness (QED) is 0.756. The van der Waals surface area contributed by atoms with Gasteiger partial charge in [-0.15, -0.1) is 0 Å². The summed E-state index contributed by atoms with van der Waals surface area (Å²) in [6.45, 7) is 0. The highest BCUT2D eigenvalue weighted by Crippen LogP contribution is 2.29. The Morgan fingerprint density at radius 1 is 0.905 bits per heavy atom. The Balaban J connectivity index is 1.95. The zero-order valence-corrected chi connectivity index (χ0v) is 13.1. The molecule has 0 fully saturated rings. The van der Waals surface area contributed by atoms with Crippen molar-refractivity contribution in [3.05, 3.63) is 69.7 Å². The Bertz CT molecular complexity index is 751. The van der Waals surface area contributed by atoms with Gasteiger partial charge in [0.2, 0.25) is 0 Å². The van der Waals surface area contributed by atoms with Gasteiger partial charge >= 0.3 is 0 Å². The fourth-order valence-electron chi connectivity index (χ4n) is 2.14. The molecule has 3 nitrogen and oxygen atoms in total. The maximum absolute atomic E-state index is 12.5. The third-order valence-corrected chi connectivity index (χ3v) is 3.94. The smallest absolute Gasteiger partial charge is 0.266 e. The second-order valence-corrected chi connectivity index (χ2v) is 5.87. The van der Waals surface area contributed by atoms with Gasteiger partial charge in [0, 0.05) is 15.6 Å². The first kappa shape index (κ1) is 14.0. The van der Waals surface area contributed by atoms with E-state index in [-0.39, 0.29) is 11.8 Å². The molecule has 0 atom stereocenters. The maximum atomic E-state index is 12.5. The van der Waals surface area contributed by atoms with E-state index < -0.39 is 0 Å². The van der Waals surface area contributed by atoms with Crippen LogP contribution in [0, 0.1) is 0 Å². The average Bonchev–Trinajstić information content (AvgIpc) is 2.76. The SMILES string of the molecule is O=C1C=C(c2ccc(Br)cc2)C(=O)N1c1ccc(Cl)cc1. The summed E-state index contributed by atoms with van der Waals surface area (Å²) in [5, 5.41) is 0.555. The van der Waals surface area contributed by atoms with Crippen molar-refractivity contribution >= 4 is 50.6 Å². The summed E-state index contributed by atoms with van der Waals surface area (Å²) in [7, 11) is 0. The molecule has 1 heterocycles. The van der Waals surface area contributed by atoms with E-state index in [1.807, 2.05) is 12.1 Å². The topological polar surface area (TPSA) is 37.4 Å². The van der Waals surface area contributed by atoms with Crippen LogP contribution in [-0.2, 0) is 9.59 Å². The minimum atomic E-state index is -0.347. The monoisotopic (exact) mass is 361 g/mol. The van der Waals surface area contributed by atoms with Crippen molar-refractivity contribution in [2.45, 2.75) is 0 Å². The number of imide groups is 1. The van der Waals surface area contributed by atoms with Crippen molar-refractivity contribution in [1.29, 1.82) is 0 Å². The van der Waals surface area contributed by atoms with E-state index in [1.165, 1.54) is 6.08 Å². The van der Waals surface area contributed by atoms with Gasteiger partial charge in [-0.2, -0.15) is 0 Å². The van der Waals surface area contributed by atoms with Crippen molar-refractivity contribution in [1.82, 2.24) is 0 Å². The number of halogens is 2. The molecule has 0 aliphatic carbocycles. The summed E-state index contributed by atoms with van der Waals surface area (Å²) in [6.07, 6.45) is 1.36. The molecule has 1 aliphatic rings. The molecular formula is C16H9BrClNO2. The fourth-order valence-corrected chi connectivity index (χ4v) is 2.53. The molecule has 3 rings (SSSR count). The van der Waals surface area contributed by atoms with E-state index >= 15 is 0 Å². The molecule has 0 saturated carbocycles. The van der Waals surface area contributed by atoms with Gasteiger partial charge < -0.3 is 0 Å². The van der Waals surface area contributed by atoms with Crippen molar-refractivity contribution in [3.63, 3.8) is 0 Å². The first-order chi connectivity index (χ1) is 10.1. The third kappa shape index (κ3) is 2.64. The van der Waals surface area contributed by atoms with Gasteiger partial charge in [0.1, 0.15) is 0 Å². The summed E-state index contributed by atoms with van der Waals surface area (Å²) in [4.78, 5) is 25.7. The van der Waals surface area contributed by atoms with E-state index in [1.54, 1.807) is 36.4 Å². The van der Waals surface area contributed by atoms with Crippen molar-refractivity contribution < 1.29 is 9.59 Å². The van der Waals surface area contributed by atoms with Crippen LogP contribution in [-0.4, -0.2) is 11.8 Å².